The van der Waals surface area contributed by atoms with E-state index in [1.807, 2.05) is 9.80 Å². The molecule has 1 fully saturated rings. The van der Waals surface area contributed by atoms with Crippen molar-refractivity contribution < 1.29 is 9.59 Å². The largest absolute Gasteiger partial charge is 0.286 e. The summed E-state index contributed by atoms with van der Waals surface area (Å²) < 4.78 is 0. The third-order valence-corrected chi connectivity index (χ3v) is 9.60. The summed E-state index contributed by atoms with van der Waals surface area (Å²) in [6.45, 7) is 20.4. The number of aryl methyl sites for hydroxylation is 6. The maximum atomic E-state index is 14.1. The normalized spacial score (nSPS) is 16.8. The Kier molecular flexibility index (Phi) is 7.10. The third kappa shape index (κ3) is 4.23. The van der Waals surface area contributed by atoms with E-state index < -0.39 is 13.3 Å². The van der Waals surface area contributed by atoms with Gasteiger partial charge in [0.25, 0.3) is 0 Å². The molecule has 0 atom stereocenters. The first-order valence-electron chi connectivity index (χ1n) is 11.9. The first-order valence-corrected chi connectivity index (χ1v) is 13.7. The topological polar surface area (TPSA) is 40.6 Å². The van der Waals surface area contributed by atoms with Crippen molar-refractivity contribution in [2.24, 2.45) is 5.41 Å². The molecular weight excluding hydrogens is 427 g/mol. The molecular formula is C28H39N2O2P. The minimum Gasteiger partial charge on any atom is -0.286 e. The highest BCUT2D eigenvalue weighted by molar-refractivity contribution is 7.58. The van der Waals surface area contributed by atoms with Gasteiger partial charge < -0.3 is 0 Å². The van der Waals surface area contributed by atoms with Crippen LogP contribution in [0.15, 0.2) is 24.3 Å². The summed E-state index contributed by atoms with van der Waals surface area (Å²) in [4.78, 5) is 32.1. The van der Waals surface area contributed by atoms with Gasteiger partial charge in [-0.3, -0.25) is 19.4 Å². The van der Waals surface area contributed by atoms with Crippen LogP contribution in [0.5, 0.6) is 0 Å². The van der Waals surface area contributed by atoms with Crippen LogP contribution in [-0.2, 0) is 9.59 Å². The number of rotatable bonds is 5. The van der Waals surface area contributed by atoms with Crippen LogP contribution in [0.3, 0.4) is 0 Å². The highest BCUT2D eigenvalue weighted by Crippen LogP contribution is 2.53. The maximum Gasteiger partial charge on any atom is 0.244 e. The molecule has 0 spiro atoms. The molecule has 1 heterocycles. The smallest absolute Gasteiger partial charge is 0.244 e. The van der Waals surface area contributed by atoms with Gasteiger partial charge in [0.05, 0.1) is 11.4 Å². The van der Waals surface area contributed by atoms with Gasteiger partial charge in [-0.05, 0) is 90.0 Å². The molecule has 5 heteroatoms. The van der Waals surface area contributed by atoms with E-state index >= 15 is 0 Å². The number of hydrogen-bond acceptors (Lipinski definition) is 2. The predicted octanol–water partition coefficient (Wildman–Crippen LogP) is 6.75. The molecule has 0 saturated carbocycles. The summed E-state index contributed by atoms with van der Waals surface area (Å²) in [5.41, 5.74) is 7.45. The van der Waals surface area contributed by atoms with E-state index in [0.29, 0.717) is 0 Å². The number of anilines is 2. The fourth-order valence-electron chi connectivity index (χ4n) is 5.43. The zero-order valence-corrected chi connectivity index (χ0v) is 22.9. The van der Waals surface area contributed by atoms with Crippen LogP contribution in [0.2, 0.25) is 0 Å². The Labute approximate surface area is 201 Å². The molecule has 2 amide bonds. The summed E-state index contributed by atoms with van der Waals surface area (Å²) in [6.07, 6.45) is 1.89. The molecule has 3 rings (SSSR count). The van der Waals surface area contributed by atoms with Crippen LogP contribution >= 0.6 is 7.92 Å². The van der Waals surface area contributed by atoms with Crippen molar-refractivity contribution in [1.29, 1.82) is 0 Å². The summed E-state index contributed by atoms with van der Waals surface area (Å²) in [5, 5.41) is 0. The lowest BCUT2D eigenvalue weighted by Gasteiger charge is -2.52. The standard InChI is InChI=1S/C28H39N2O2P/c1-11-33(12-2)27-29(23-19(5)13-17(3)14-20(23)6)25(31)28(9,10)26(32)30(27)24-21(7)15-18(4)16-22(24)8/h13-16,27H,11-12H2,1-10H3. The summed E-state index contributed by atoms with van der Waals surface area (Å²) >= 11 is 0. The molecule has 4 nitrogen and oxygen atoms in total. The number of hydrogen-bond donors (Lipinski definition) is 0. The van der Waals surface area contributed by atoms with E-state index in [2.05, 4.69) is 79.7 Å². The van der Waals surface area contributed by atoms with Crippen molar-refractivity contribution in [2.45, 2.75) is 75.1 Å². The second-order valence-corrected chi connectivity index (χ2v) is 12.9. The van der Waals surface area contributed by atoms with E-state index in [9.17, 15) is 9.59 Å². The SMILES string of the molecule is CCP(CC)C1N(c2c(C)cc(C)cc2C)C(=O)C(C)(C)C(=O)N1c1c(C)cc(C)cc1C. The number of benzene rings is 2. The number of carbonyl (C=O) groups is 2. The Morgan fingerprint density at radius 2 is 1.00 bits per heavy atom. The molecule has 2 aromatic rings. The van der Waals surface area contributed by atoms with E-state index in [-0.39, 0.29) is 17.7 Å². The molecule has 1 saturated heterocycles. The van der Waals surface area contributed by atoms with Crippen molar-refractivity contribution in [2.75, 3.05) is 22.1 Å². The molecule has 0 aromatic heterocycles. The molecule has 0 unspecified atom stereocenters. The Balaban J connectivity index is 2.40. The van der Waals surface area contributed by atoms with Crippen molar-refractivity contribution in [3.63, 3.8) is 0 Å². The average Bonchev–Trinajstić information content (AvgIpc) is 2.70. The molecule has 1 aliphatic rings. The van der Waals surface area contributed by atoms with Crippen molar-refractivity contribution in [1.82, 2.24) is 0 Å². The molecule has 178 valence electrons. The van der Waals surface area contributed by atoms with Crippen molar-refractivity contribution in [3.8, 4) is 0 Å². The minimum atomic E-state index is -1.15. The van der Waals surface area contributed by atoms with Crippen LogP contribution in [0.1, 0.15) is 61.1 Å². The monoisotopic (exact) mass is 466 g/mol. The lowest BCUT2D eigenvalue weighted by molar-refractivity contribution is -0.140. The number of amides is 2. The summed E-state index contributed by atoms with van der Waals surface area (Å²) in [5.74, 6) is -0.496. The van der Waals surface area contributed by atoms with Gasteiger partial charge in [-0.2, -0.15) is 0 Å². The van der Waals surface area contributed by atoms with Gasteiger partial charge in [-0.25, -0.2) is 0 Å². The van der Waals surface area contributed by atoms with Gasteiger partial charge in [-0.15, -0.1) is 0 Å². The van der Waals surface area contributed by atoms with E-state index in [1.165, 1.54) is 11.1 Å². The fourth-order valence-corrected chi connectivity index (χ4v) is 7.63. The van der Waals surface area contributed by atoms with Crippen molar-refractivity contribution >= 4 is 31.1 Å². The first kappa shape index (κ1) is 25.4. The third-order valence-electron chi connectivity index (χ3n) is 6.86. The quantitative estimate of drug-likeness (QED) is 0.361. The first-order chi connectivity index (χ1) is 15.4. The van der Waals surface area contributed by atoms with Gasteiger partial charge in [-0.1, -0.05) is 57.2 Å². The Morgan fingerprint density at radius 1 is 0.697 bits per heavy atom. The number of carbonyl (C=O) groups excluding carboxylic acids is 2. The summed E-state index contributed by atoms with van der Waals surface area (Å²) in [7, 11) is -0.650. The molecule has 0 bridgehead atoms. The van der Waals surface area contributed by atoms with Crippen LogP contribution in [0, 0.1) is 47.0 Å². The Bertz CT molecular complexity index is 976. The lowest BCUT2D eigenvalue weighted by Crippen LogP contribution is -2.66. The van der Waals surface area contributed by atoms with Crippen LogP contribution in [0.25, 0.3) is 0 Å². The van der Waals surface area contributed by atoms with Gasteiger partial charge in [0.2, 0.25) is 11.8 Å². The minimum absolute atomic E-state index is 0.0966. The second kappa shape index (κ2) is 9.22. The zero-order chi connectivity index (χ0) is 24.8. The highest BCUT2D eigenvalue weighted by Gasteiger charge is 2.54. The Morgan fingerprint density at radius 3 is 1.27 bits per heavy atom. The molecule has 33 heavy (non-hydrogen) atoms. The molecule has 0 aliphatic carbocycles. The van der Waals surface area contributed by atoms with Crippen LogP contribution < -0.4 is 9.80 Å². The van der Waals surface area contributed by atoms with E-state index in [0.717, 1.165) is 46.0 Å². The molecule has 2 aromatic carbocycles. The zero-order valence-electron chi connectivity index (χ0n) is 22.0. The fraction of sp³-hybridized carbons (Fsp3) is 0.500. The van der Waals surface area contributed by atoms with Gasteiger partial charge in [0.1, 0.15) is 11.3 Å². The Hall–Kier alpha value is -2.19. The van der Waals surface area contributed by atoms with Gasteiger partial charge in [0.15, 0.2) is 0 Å². The molecule has 0 radical (unpaired) electrons. The van der Waals surface area contributed by atoms with E-state index in [1.54, 1.807) is 13.8 Å². The van der Waals surface area contributed by atoms with Crippen molar-refractivity contribution in [3.05, 3.63) is 57.6 Å². The van der Waals surface area contributed by atoms with Gasteiger partial charge >= 0.3 is 0 Å². The highest BCUT2D eigenvalue weighted by atomic mass is 31.1. The second-order valence-electron chi connectivity index (χ2n) is 10.0. The van der Waals surface area contributed by atoms with Crippen LogP contribution in [-0.4, -0.2) is 30.0 Å². The molecule has 1 aliphatic heterocycles. The van der Waals surface area contributed by atoms with Crippen LogP contribution in [0.4, 0.5) is 11.4 Å². The number of nitrogens with zero attached hydrogens (tertiary/aromatic N) is 2. The maximum absolute atomic E-state index is 14.1. The lowest BCUT2D eigenvalue weighted by atomic mass is 9.86. The van der Waals surface area contributed by atoms with E-state index in [4.69, 9.17) is 0 Å². The predicted molar refractivity (Wildman–Crippen MR) is 142 cm³/mol. The summed E-state index contributed by atoms with van der Waals surface area (Å²) in [6, 6.07) is 8.57. The molecule has 0 N–H and O–H groups in total. The average molecular weight is 467 g/mol. The van der Waals surface area contributed by atoms with Gasteiger partial charge in [0, 0.05) is 0 Å².